The van der Waals surface area contributed by atoms with Crippen molar-refractivity contribution in [1.82, 2.24) is 5.32 Å². The first-order valence-electron chi connectivity index (χ1n) is 20.3. The van der Waals surface area contributed by atoms with E-state index in [-0.39, 0.29) is 11.5 Å². The number of fused-ring (bicyclic) bond motifs is 1. The van der Waals surface area contributed by atoms with Crippen molar-refractivity contribution < 1.29 is 88.2 Å². The lowest BCUT2D eigenvalue weighted by atomic mass is 9.94. The third kappa shape index (κ3) is 14.1. The van der Waals surface area contributed by atoms with Gasteiger partial charge in [-0.1, -0.05) is 107 Å². The summed E-state index contributed by atoms with van der Waals surface area (Å²) >= 11 is 18.1. The Hall–Kier alpha value is -4.39. The standard InChI is InChI=1S/C43H41Cl3F6N2O13S/c1-21(55)59-18-28-33(62-22(2)56)35(63-23(3)57)31(53-17-25-13-7-8-14-26(25)42(47,48)49)38(64-28)67-36-32(54-40(58)61-20-41(44,45)46)39(68-30-16-10-9-15-27(30)43(50,51)52)65-29-19-60-37(66-34(29)36)24-11-5-4-6-12-24/h4-17,28-29,31-39H,18-20H2,1-3H3,(H,54,58)/t28-,29-,31-,32-,33+,34-,35-,36-,37-,38-,39+/m1/s1. The van der Waals surface area contributed by atoms with Gasteiger partial charge in [0.05, 0.1) is 23.8 Å². The second kappa shape index (κ2) is 22.6. The number of amides is 1. The van der Waals surface area contributed by atoms with Crippen LogP contribution in [0, 0.1) is 0 Å². The lowest BCUT2D eigenvalue weighted by Gasteiger charge is -2.51. The molecular formula is C43H41Cl3F6N2O13S. The van der Waals surface area contributed by atoms with Crippen molar-refractivity contribution in [2.24, 2.45) is 4.99 Å². The molecule has 0 radical (unpaired) electrons. The highest BCUT2D eigenvalue weighted by Gasteiger charge is 2.57. The number of carbonyl (C=O) groups is 4. The number of nitrogens with one attached hydrogen (secondary N) is 1. The predicted octanol–water partition coefficient (Wildman–Crippen LogP) is 8.14. The van der Waals surface area contributed by atoms with E-state index in [1.54, 1.807) is 30.3 Å². The van der Waals surface area contributed by atoms with Gasteiger partial charge in [0.1, 0.15) is 49.1 Å². The highest BCUT2D eigenvalue weighted by atomic mass is 35.6. The fourth-order valence-electron chi connectivity index (χ4n) is 7.36. The first-order chi connectivity index (χ1) is 32.0. The molecule has 15 nitrogen and oxygen atoms in total. The van der Waals surface area contributed by atoms with Crippen molar-refractivity contribution in [2.45, 2.75) is 109 Å². The zero-order valence-electron chi connectivity index (χ0n) is 35.6. The minimum absolute atomic E-state index is 0.298. The maximum Gasteiger partial charge on any atom is 0.417 e. The normalized spacial score (nSPS) is 27.7. The van der Waals surface area contributed by atoms with E-state index in [9.17, 15) is 45.5 Å². The van der Waals surface area contributed by atoms with Gasteiger partial charge in [-0.05, 0) is 18.2 Å². The molecule has 11 atom stereocenters. The molecule has 3 saturated heterocycles. The van der Waals surface area contributed by atoms with E-state index in [1.807, 2.05) is 0 Å². The van der Waals surface area contributed by atoms with E-state index < -0.39 is 137 Å². The Bertz CT molecular complexity index is 2280. The minimum atomic E-state index is -4.89. The van der Waals surface area contributed by atoms with Crippen molar-refractivity contribution in [1.29, 1.82) is 0 Å². The number of alkyl halides is 9. The maximum absolute atomic E-state index is 14.5. The summed E-state index contributed by atoms with van der Waals surface area (Å²) in [5.74, 6) is -2.80. The number of benzene rings is 3. The topological polar surface area (TPSA) is 176 Å². The summed E-state index contributed by atoms with van der Waals surface area (Å²) in [6.07, 6.45) is -22.7. The average molecular weight is 1050 g/mol. The summed E-state index contributed by atoms with van der Waals surface area (Å²) in [5, 5.41) is 2.52. The number of aliphatic imine (C=N–C) groups is 1. The molecule has 3 heterocycles. The van der Waals surface area contributed by atoms with Crippen molar-refractivity contribution in [3.8, 4) is 0 Å². The number of ether oxygens (including phenoxy) is 9. The first-order valence-corrected chi connectivity index (χ1v) is 22.3. The van der Waals surface area contributed by atoms with E-state index in [4.69, 9.17) is 77.4 Å². The van der Waals surface area contributed by atoms with Gasteiger partial charge in [0.15, 0.2) is 24.8 Å². The Morgan fingerprint density at radius 2 is 1.38 bits per heavy atom. The molecule has 3 aromatic rings. The Morgan fingerprint density at radius 3 is 2.01 bits per heavy atom. The molecule has 0 aromatic heterocycles. The Balaban J connectivity index is 1.53. The molecule has 25 heteroatoms. The molecule has 6 rings (SSSR count). The van der Waals surface area contributed by atoms with Crippen LogP contribution in [0.1, 0.15) is 49.3 Å². The third-order valence-corrected chi connectivity index (χ3v) is 11.7. The second-order valence-electron chi connectivity index (χ2n) is 15.1. The number of carbonyl (C=O) groups excluding carboxylic acids is 4. The van der Waals surface area contributed by atoms with Gasteiger partial charge in [-0.25, -0.2) is 4.79 Å². The average Bonchev–Trinajstić information content (AvgIpc) is 3.26. The zero-order valence-corrected chi connectivity index (χ0v) is 38.7. The Kier molecular flexibility index (Phi) is 17.6. The Morgan fingerprint density at radius 1 is 0.765 bits per heavy atom. The van der Waals surface area contributed by atoms with E-state index >= 15 is 0 Å². The van der Waals surface area contributed by atoms with Crippen LogP contribution in [0.3, 0.4) is 0 Å². The Labute approximate surface area is 403 Å². The maximum atomic E-state index is 14.5. The van der Waals surface area contributed by atoms with E-state index in [0.29, 0.717) is 17.3 Å². The highest BCUT2D eigenvalue weighted by molar-refractivity contribution is 7.99. The van der Waals surface area contributed by atoms with Gasteiger partial charge in [-0.3, -0.25) is 19.4 Å². The van der Waals surface area contributed by atoms with Crippen LogP contribution in [0.25, 0.3) is 0 Å². The molecule has 1 amide bonds. The van der Waals surface area contributed by atoms with Crippen LogP contribution in [0.4, 0.5) is 31.1 Å². The van der Waals surface area contributed by atoms with Gasteiger partial charge in [-0.2, -0.15) is 26.3 Å². The minimum Gasteiger partial charge on any atom is -0.463 e. The molecule has 0 aliphatic carbocycles. The lowest BCUT2D eigenvalue weighted by molar-refractivity contribution is -0.343. The van der Waals surface area contributed by atoms with Crippen LogP contribution in [0.2, 0.25) is 0 Å². The molecule has 3 aliphatic heterocycles. The summed E-state index contributed by atoms with van der Waals surface area (Å²) < 4.78 is 138. The second-order valence-corrected chi connectivity index (χ2v) is 18.8. The molecule has 3 aliphatic rings. The summed E-state index contributed by atoms with van der Waals surface area (Å²) in [6.45, 7) is 1.19. The lowest BCUT2D eigenvalue weighted by Crippen LogP contribution is -2.69. The van der Waals surface area contributed by atoms with Crippen LogP contribution in [-0.2, 0) is 69.4 Å². The van der Waals surface area contributed by atoms with Crippen molar-refractivity contribution in [3.63, 3.8) is 0 Å². The number of rotatable bonds is 13. The molecule has 3 aromatic carbocycles. The number of halogens is 9. The predicted molar refractivity (Wildman–Crippen MR) is 229 cm³/mol. The zero-order chi connectivity index (χ0) is 49.6. The summed E-state index contributed by atoms with van der Waals surface area (Å²) in [7, 11) is 0. The molecule has 0 bridgehead atoms. The van der Waals surface area contributed by atoms with Crippen LogP contribution in [0.15, 0.2) is 88.8 Å². The number of hydrogen-bond acceptors (Lipinski definition) is 15. The quantitative estimate of drug-likeness (QED) is 0.0571. The van der Waals surface area contributed by atoms with Crippen LogP contribution in [0.5, 0.6) is 0 Å². The summed E-state index contributed by atoms with van der Waals surface area (Å²) in [6, 6.07) is 13.7. The molecule has 0 spiro atoms. The van der Waals surface area contributed by atoms with Crippen LogP contribution in [-0.4, -0.2) is 114 Å². The molecule has 68 heavy (non-hydrogen) atoms. The van der Waals surface area contributed by atoms with Crippen molar-refractivity contribution in [2.75, 3.05) is 19.8 Å². The number of alkyl carbamates (subject to hydrolysis) is 1. The molecular weight excluding hydrogens is 1000 g/mol. The number of esters is 3. The van der Waals surface area contributed by atoms with Crippen molar-refractivity contribution >= 4 is 76.8 Å². The first kappa shape index (κ1) is 53.0. The van der Waals surface area contributed by atoms with Gasteiger partial charge in [0.25, 0.3) is 0 Å². The largest absolute Gasteiger partial charge is 0.463 e. The van der Waals surface area contributed by atoms with Gasteiger partial charge in [0, 0.05) is 43.0 Å². The van der Waals surface area contributed by atoms with Crippen molar-refractivity contribution in [3.05, 3.63) is 101 Å². The summed E-state index contributed by atoms with van der Waals surface area (Å²) in [5.41, 5.74) is -3.77. The van der Waals surface area contributed by atoms with Crippen LogP contribution < -0.4 is 5.32 Å². The third-order valence-electron chi connectivity index (χ3n) is 10.1. The van der Waals surface area contributed by atoms with E-state index in [1.165, 1.54) is 12.1 Å². The SMILES string of the molecule is CC(=O)OC[C@H]1O[C@H](O[C@@H]2[C@@H](NC(=O)OCC(Cl)(Cl)Cl)[C@H](Sc3ccccc3C(F)(F)F)O[C@@H]3CO[C@@H](c4ccccc4)O[C@@H]23)[C@H](N=Cc2ccccc2C(F)(F)F)[C@@H](OC(C)=O)[C@H]1OC(C)=O. The number of hydrogen-bond donors (Lipinski definition) is 1. The molecule has 3 fully saturated rings. The fraction of sp³-hybridized carbons (Fsp3) is 0.465. The van der Waals surface area contributed by atoms with E-state index in [0.717, 1.165) is 63.4 Å². The number of nitrogens with zero attached hydrogens (tertiary/aromatic N) is 1. The van der Waals surface area contributed by atoms with Gasteiger partial charge in [-0.15, -0.1) is 0 Å². The highest BCUT2D eigenvalue weighted by Crippen LogP contribution is 2.45. The summed E-state index contributed by atoms with van der Waals surface area (Å²) in [4.78, 5) is 55.2. The molecule has 0 unspecified atom stereocenters. The van der Waals surface area contributed by atoms with Gasteiger partial charge in [0.2, 0.25) is 3.79 Å². The van der Waals surface area contributed by atoms with Gasteiger partial charge >= 0.3 is 36.4 Å². The molecule has 1 N–H and O–H groups in total. The van der Waals surface area contributed by atoms with E-state index in [2.05, 4.69) is 10.3 Å². The monoisotopic (exact) mass is 1040 g/mol. The fourth-order valence-corrected chi connectivity index (χ4v) is 8.81. The molecule has 370 valence electrons. The van der Waals surface area contributed by atoms with Crippen LogP contribution >= 0.6 is 46.6 Å². The van der Waals surface area contributed by atoms with Gasteiger partial charge < -0.3 is 47.9 Å². The smallest absolute Gasteiger partial charge is 0.417 e. The number of thioether (sulfide) groups is 1. The molecule has 0 saturated carbocycles.